The van der Waals surface area contributed by atoms with Gasteiger partial charge in [-0.15, -0.1) is 16.4 Å². The number of hydrogen-bond donors (Lipinski definition) is 1. The molecule has 0 atom stereocenters. The molecule has 1 N–H and O–H groups in total. The first kappa shape index (κ1) is 20.4. The van der Waals surface area contributed by atoms with Gasteiger partial charge in [0.05, 0.1) is 11.8 Å². The molecular weight excluding hydrogens is 407 g/mol. The third-order valence-electron chi connectivity index (χ3n) is 3.66. The number of thiazole rings is 1. The fourth-order valence-electron chi connectivity index (χ4n) is 2.33. The lowest BCUT2D eigenvalue weighted by molar-refractivity contribution is -0.137. The maximum Gasteiger partial charge on any atom is 0.416 e. The Morgan fingerprint density at radius 3 is 2.72 bits per heavy atom. The number of benzene rings is 1. The van der Waals surface area contributed by atoms with Crippen molar-refractivity contribution in [3.05, 3.63) is 63.7 Å². The third-order valence-corrected chi connectivity index (χ3v) is 4.49. The number of Topliss-reactive ketones (excluding diaryl/α,β-unsaturated/α-hetero) is 1. The lowest BCUT2D eigenvalue weighted by atomic mass is 10.1. The van der Waals surface area contributed by atoms with Gasteiger partial charge in [-0.1, -0.05) is 18.2 Å². The standard InChI is InChI=1S/C18H14F3N5O2S/c1-11(27)14-10-29-17(23-14)9-26-22-8-15(25-26)24-16(28)7-6-12-4-2-3-5-13(12)18(19,20)21/h2-8,10H,9H2,1H3,(H,24,25,28)/b7-6+. The Bertz CT molecular complexity index is 1070. The summed E-state index contributed by atoms with van der Waals surface area (Å²) in [5.41, 5.74) is -0.595. The molecule has 0 spiro atoms. The molecule has 0 radical (unpaired) electrons. The van der Waals surface area contributed by atoms with E-state index < -0.39 is 17.6 Å². The summed E-state index contributed by atoms with van der Waals surface area (Å²) in [7, 11) is 0. The van der Waals surface area contributed by atoms with E-state index in [-0.39, 0.29) is 23.7 Å². The Balaban J connectivity index is 1.63. The monoisotopic (exact) mass is 421 g/mol. The molecule has 1 amide bonds. The van der Waals surface area contributed by atoms with Gasteiger partial charge in [-0.2, -0.15) is 23.1 Å². The van der Waals surface area contributed by atoms with Crippen molar-refractivity contribution in [1.82, 2.24) is 20.0 Å². The average molecular weight is 421 g/mol. The highest BCUT2D eigenvalue weighted by molar-refractivity contribution is 7.09. The van der Waals surface area contributed by atoms with Crippen LogP contribution in [0.15, 0.2) is 41.9 Å². The van der Waals surface area contributed by atoms with Crippen molar-refractivity contribution in [1.29, 1.82) is 0 Å². The Morgan fingerprint density at radius 1 is 1.28 bits per heavy atom. The zero-order chi connectivity index (χ0) is 21.0. The van der Waals surface area contributed by atoms with Gasteiger partial charge in [-0.3, -0.25) is 9.59 Å². The van der Waals surface area contributed by atoms with Gasteiger partial charge >= 0.3 is 6.18 Å². The topological polar surface area (TPSA) is 89.8 Å². The van der Waals surface area contributed by atoms with Crippen LogP contribution in [0.5, 0.6) is 0 Å². The van der Waals surface area contributed by atoms with Crippen LogP contribution >= 0.6 is 11.3 Å². The first-order valence-corrected chi connectivity index (χ1v) is 9.11. The largest absolute Gasteiger partial charge is 0.416 e. The normalized spacial score (nSPS) is 11.7. The van der Waals surface area contributed by atoms with E-state index in [1.54, 1.807) is 5.38 Å². The van der Waals surface area contributed by atoms with E-state index in [1.165, 1.54) is 47.5 Å². The van der Waals surface area contributed by atoms with Gasteiger partial charge in [0.2, 0.25) is 5.91 Å². The first-order valence-electron chi connectivity index (χ1n) is 8.23. The third kappa shape index (κ3) is 5.35. The zero-order valence-electron chi connectivity index (χ0n) is 15.0. The van der Waals surface area contributed by atoms with Crippen molar-refractivity contribution in [3.63, 3.8) is 0 Å². The number of nitrogens with one attached hydrogen (secondary N) is 1. The molecule has 0 aliphatic heterocycles. The number of carbonyl (C=O) groups is 2. The van der Waals surface area contributed by atoms with Crippen LogP contribution in [0, 0.1) is 0 Å². The van der Waals surface area contributed by atoms with Gasteiger partial charge in [0, 0.05) is 18.4 Å². The maximum atomic E-state index is 13.0. The molecule has 1 aromatic carbocycles. The lowest BCUT2D eigenvalue weighted by Gasteiger charge is -2.09. The summed E-state index contributed by atoms with van der Waals surface area (Å²) < 4.78 is 38.9. The molecule has 0 aliphatic carbocycles. The van der Waals surface area contributed by atoms with Gasteiger partial charge in [0.15, 0.2) is 11.6 Å². The Labute approximate surface area is 166 Å². The molecule has 3 aromatic rings. The molecule has 7 nitrogen and oxygen atoms in total. The molecule has 2 aromatic heterocycles. The Morgan fingerprint density at radius 2 is 2.03 bits per heavy atom. The van der Waals surface area contributed by atoms with Crippen LogP contribution in [0.4, 0.5) is 19.0 Å². The number of hydrogen-bond acceptors (Lipinski definition) is 6. The van der Waals surface area contributed by atoms with Gasteiger partial charge in [0.25, 0.3) is 0 Å². The maximum absolute atomic E-state index is 13.0. The fraction of sp³-hybridized carbons (Fsp3) is 0.167. The summed E-state index contributed by atoms with van der Waals surface area (Å²) in [4.78, 5) is 28.7. The molecule has 0 saturated carbocycles. The average Bonchev–Trinajstić information content (AvgIpc) is 3.29. The van der Waals surface area contributed by atoms with E-state index in [4.69, 9.17) is 0 Å². The van der Waals surface area contributed by atoms with E-state index in [0.717, 1.165) is 18.2 Å². The minimum absolute atomic E-state index is 0.121. The van der Waals surface area contributed by atoms with Crippen molar-refractivity contribution in [2.45, 2.75) is 19.6 Å². The number of aromatic nitrogens is 4. The molecule has 0 bridgehead atoms. The number of nitrogens with zero attached hydrogens (tertiary/aromatic N) is 4. The summed E-state index contributed by atoms with van der Waals surface area (Å²) in [6.07, 6.45) is -1.14. The molecule has 0 saturated heterocycles. The highest BCUT2D eigenvalue weighted by Gasteiger charge is 2.32. The second-order valence-corrected chi connectivity index (χ2v) is 6.79. The van der Waals surface area contributed by atoms with Crippen molar-refractivity contribution in [2.24, 2.45) is 0 Å². The molecule has 3 rings (SSSR count). The van der Waals surface area contributed by atoms with Crippen LogP contribution in [-0.4, -0.2) is 31.7 Å². The van der Waals surface area contributed by atoms with Crippen molar-refractivity contribution in [3.8, 4) is 0 Å². The van der Waals surface area contributed by atoms with Crippen molar-refractivity contribution < 1.29 is 22.8 Å². The quantitative estimate of drug-likeness (QED) is 0.485. The van der Waals surface area contributed by atoms with Crippen LogP contribution in [0.1, 0.15) is 33.5 Å². The van der Waals surface area contributed by atoms with Crippen LogP contribution in [0.3, 0.4) is 0 Å². The van der Waals surface area contributed by atoms with Crippen molar-refractivity contribution in [2.75, 3.05) is 5.32 Å². The zero-order valence-corrected chi connectivity index (χ0v) is 15.8. The van der Waals surface area contributed by atoms with Crippen molar-refractivity contribution >= 4 is 34.9 Å². The summed E-state index contributed by atoms with van der Waals surface area (Å²) in [5.74, 6) is -0.665. The smallest absolute Gasteiger partial charge is 0.304 e. The minimum atomic E-state index is -4.52. The summed E-state index contributed by atoms with van der Waals surface area (Å²) in [5, 5.41) is 12.7. The Kier molecular flexibility index (Phi) is 5.87. The SMILES string of the molecule is CC(=O)c1csc(Cn2ncc(NC(=O)/C=C/c3ccccc3C(F)(F)F)n2)n1. The van der Waals surface area contributed by atoms with Crippen LogP contribution < -0.4 is 5.32 Å². The van der Waals surface area contributed by atoms with E-state index in [0.29, 0.717) is 10.7 Å². The first-order chi connectivity index (χ1) is 13.7. The fourth-order valence-corrected chi connectivity index (χ4v) is 3.14. The highest BCUT2D eigenvalue weighted by Crippen LogP contribution is 2.32. The second kappa shape index (κ2) is 8.35. The molecule has 0 aliphatic rings. The molecule has 11 heteroatoms. The lowest BCUT2D eigenvalue weighted by Crippen LogP contribution is -2.10. The van der Waals surface area contributed by atoms with Gasteiger partial charge in [0.1, 0.15) is 17.2 Å². The minimum Gasteiger partial charge on any atom is -0.304 e. The Hall–Kier alpha value is -3.34. The number of carbonyl (C=O) groups excluding carboxylic acids is 2. The molecule has 2 heterocycles. The highest BCUT2D eigenvalue weighted by atomic mass is 32.1. The van der Waals surface area contributed by atoms with Crippen LogP contribution in [-0.2, 0) is 17.5 Å². The van der Waals surface area contributed by atoms with E-state index in [1.807, 2.05) is 0 Å². The van der Waals surface area contributed by atoms with Gasteiger partial charge in [-0.05, 0) is 17.7 Å². The number of halogens is 3. The number of alkyl halides is 3. The molecule has 0 unspecified atom stereocenters. The van der Waals surface area contributed by atoms with E-state index in [9.17, 15) is 22.8 Å². The predicted molar refractivity (Wildman–Crippen MR) is 100 cm³/mol. The number of rotatable bonds is 6. The van der Waals surface area contributed by atoms with Gasteiger partial charge < -0.3 is 5.32 Å². The molecular formula is C18H14F3N5O2S. The predicted octanol–water partition coefficient (Wildman–Crippen LogP) is 3.66. The second-order valence-electron chi connectivity index (χ2n) is 5.85. The number of anilines is 1. The molecule has 150 valence electrons. The number of ketones is 1. The van der Waals surface area contributed by atoms with Crippen LogP contribution in [0.25, 0.3) is 6.08 Å². The summed E-state index contributed by atoms with van der Waals surface area (Å²) in [6.45, 7) is 1.63. The van der Waals surface area contributed by atoms with Gasteiger partial charge in [-0.25, -0.2) is 4.98 Å². The summed E-state index contributed by atoms with van der Waals surface area (Å²) in [6, 6.07) is 4.94. The summed E-state index contributed by atoms with van der Waals surface area (Å²) >= 11 is 1.28. The van der Waals surface area contributed by atoms with E-state index >= 15 is 0 Å². The van der Waals surface area contributed by atoms with E-state index in [2.05, 4.69) is 20.5 Å². The molecule has 29 heavy (non-hydrogen) atoms. The van der Waals surface area contributed by atoms with Crippen LogP contribution in [0.2, 0.25) is 0 Å². The number of amides is 1. The molecule has 0 fully saturated rings.